The molecule has 1 fully saturated rings. The second kappa shape index (κ2) is 11.6. The van der Waals surface area contributed by atoms with Gasteiger partial charge in [0.2, 0.25) is 0 Å². The number of halogens is 4. The number of sulfone groups is 1. The van der Waals surface area contributed by atoms with Gasteiger partial charge in [-0.15, -0.1) is 0 Å². The number of carbonyl (C=O) groups excluding carboxylic acids is 1. The number of anilines is 1. The Kier molecular flexibility index (Phi) is 8.59. The minimum atomic E-state index is -4.10. The minimum Gasteiger partial charge on any atom is -0.378 e. The number of aromatic nitrogens is 1. The van der Waals surface area contributed by atoms with Crippen molar-refractivity contribution in [3.05, 3.63) is 88.5 Å². The lowest BCUT2D eigenvalue weighted by atomic mass is 9.90. The Hall–Kier alpha value is -3.39. The lowest BCUT2D eigenvalue weighted by Crippen LogP contribution is -2.35. The zero-order chi connectivity index (χ0) is 29.2. The molecule has 1 saturated carbocycles. The Morgan fingerprint density at radius 2 is 1.77 bits per heavy atom. The van der Waals surface area contributed by atoms with Crippen LogP contribution in [0, 0.1) is 41.1 Å². The Labute approximate surface area is 235 Å². The average molecular weight is 591 g/mol. The van der Waals surface area contributed by atoms with E-state index in [1.165, 1.54) is 19.1 Å². The van der Waals surface area contributed by atoms with E-state index in [2.05, 4.69) is 22.1 Å². The van der Waals surface area contributed by atoms with Crippen molar-refractivity contribution in [1.82, 2.24) is 4.98 Å². The Balaban J connectivity index is 1.60. The lowest BCUT2D eigenvalue weighted by Gasteiger charge is -2.28. The molecule has 1 amide bonds. The van der Waals surface area contributed by atoms with E-state index in [4.69, 9.17) is 11.6 Å². The fourth-order valence-corrected chi connectivity index (χ4v) is 7.94. The van der Waals surface area contributed by atoms with Crippen molar-refractivity contribution in [3.8, 4) is 11.8 Å². The van der Waals surface area contributed by atoms with E-state index in [1.54, 1.807) is 24.5 Å². The summed E-state index contributed by atoms with van der Waals surface area (Å²) in [6.45, 7) is 3.34. The summed E-state index contributed by atoms with van der Waals surface area (Å²) < 4.78 is 68.2. The van der Waals surface area contributed by atoms with Gasteiger partial charge in [0.1, 0.15) is 5.60 Å². The first kappa shape index (κ1) is 29.6. The maximum absolute atomic E-state index is 13.9. The molecule has 0 saturated heterocycles. The van der Waals surface area contributed by atoms with Gasteiger partial charge in [-0.2, -0.15) is 0 Å². The molecule has 0 bridgehead atoms. The van der Waals surface area contributed by atoms with Crippen LogP contribution in [0.3, 0.4) is 0 Å². The van der Waals surface area contributed by atoms with E-state index in [9.17, 15) is 31.5 Å². The molecule has 0 aliphatic heterocycles. The van der Waals surface area contributed by atoms with E-state index < -0.39 is 50.0 Å². The molecule has 0 spiro atoms. The molecule has 6 nitrogen and oxygen atoms in total. The van der Waals surface area contributed by atoms with Crippen LogP contribution in [0.4, 0.5) is 18.9 Å². The Morgan fingerprint density at radius 3 is 2.42 bits per heavy atom. The standard InChI is InChI=1S/C29H26ClF3N2O4S/c1-17-3-4-20(16-29(2,37)10-7-18-8-11-34-12-9-18)27(17)40(38,39)25-13-19(5-6-22(25)30)28(36)35-21-14-23(31)26(33)24(32)15-21/h5-6,8-9,11-15,17,20,27,37H,3-4,16H2,1-2H3,(H,35,36)/t17?,20-,27?,29-/m0/s1. The van der Waals surface area contributed by atoms with Crippen LogP contribution in [0.1, 0.15) is 49.0 Å². The summed E-state index contributed by atoms with van der Waals surface area (Å²) in [7, 11) is -4.10. The summed E-state index contributed by atoms with van der Waals surface area (Å²) in [5.74, 6) is -0.521. The van der Waals surface area contributed by atoms with E-state index in [0.29, 0.717) is 30.5 Å². The van der Waals surface area contributed by atoms with Crippen molar-refractivity contribution < 1.29 is 31.5 Å². The first-order chi connectivity index (χ1) is 18.8. The van der Waals surface area contributed by atoms with Crippen molar-refractivity contribution in [3.63, 3.8) is 0 Å². The highest BCUT2D eigenvalue weighted by atomic mass is 35.5. The molecule has 1 aliphatic carbocycles. The number of hydrogen-bond donors (Lipinski definition) is 2. The number of nitrogens with zero attached hydrogens (tertiary/aromatic N) is 1. The van der Waals surface area contributed by atoms with Crippen LogP contribution < -0.4 is 5.32 Å². The molecule has 1 heterocycles. The zero-order valence-corrected chi connectivity index (χ0v) is 23.2. The van der Waals surface area contributed by atoms with Gasteiger partial charge in [-0.3, -0.25) is 9.78 Å². The number of aliphatic hydroxyl groups is 1. The van der Waals surface area contributed by atoms with Gasteiger partial charge in [0, 0.05) is 41.3 Å². The predicted molar refractivity (Wildman–Crippen MR) is 145 cm³/mol. The van der Waals surface area contributed by atoms with Gasteiger partial charge >= 0.3 is 0 Å². The SMILES string of the molecule is CC1CC[C@@H](C[C@@](C)(O)C#Cc2ccncc2)C1S(=O)(=O)c1cc(C(=O)Nc2cc(F)c(F)c(F)c2)ccc1Cl. The lowest BCUT2D eigenvalue weighted by molar-refractivity contribution is 0.0924. The van der Waals surface area contributed by atoms with Crippen molar-refractivity contribution in [1.29, 1.82) is 0 Å². The summed E-state index contributed by atoms with van der Waals surface area (Å²) in [4.78, 5) is 16.5. The van der Waals surface area contributed by atoms with Crippen molar-refractivity contribution in [2.75, 3.05) is 5.32 Å². The Morgan fingerprint density at radius 1 is 1.12 bits per heavy atom. The molecule has 0 radical (unpaired) electrons. The number of nitrogens with one attached hydrogen (secondary N) is 1. The van der Waals surface area contributed by atoms with Crippen molar-refractivity contribution in [2.24, 2.45) is 11.8 Å². The number of hydrogen-bond acceptors (Lipinski definition) is 5. The smallest absolute Gasteiger partial charge is 0.255 e. The van der Waals surface area contributed by atoms with Gasteiger partial charge in [0.15, 0.2) is 27.3 Å². The molecule has 210 valence electrons. The maximum atomic E-state index is 13.9. The summed E-state index contributed by atoms with van der Waals surface area (Å²) in [5.41, 5.74) is -1.30. The third-order valence-electron chi connectivity index (χ3n) is 6.93. The highest BCUT2D eigenvalue weighted by Crippen LogP contribution is 2.43. The predicted octanol–water partition coefficient (Wildman–Crippen LogP) is 5.79. The fraction of sp³-hybridized carbons (Fsp3) is 0.310. The first-order valence-electron chi connectivity index (χ1n) is 12.4. The highest BCUT2D eigenvalue weighted by molar-refractivity contribution is 7.92. The molecule has 11 heteroatoms. The van der Waals surface area contributed by atoms with E-state index in [0.717, 1.165) is 6.07 Å². The third-order valence-corrected chi connectivity index (χ3v) is 9.89. The number of pyridine rings is 1. The molecule has 2 unspecified atom stereocenters. The van der Waals surface area contributed by atoms with Crippen LogP contribution in [0.15, 0.2) is 59.8 Å². The molecule has 4 rings (SSSR count). The molecule has 3 aromatic rings. The van der Waals surface area contributed by atoms with E-state index >= 15 is 0 Å². The minimum absolute atomic E-state index is 0.0960. The quantitative estimate of drug-likeness (QED) is 0.280. The summed E-state index contributed by atoms with van der Waals surface area (Å²) in [5, 5.41) is 12.2. The molecule has 2 N–H and O–H groups in total. The topological polar surface area (TPSA) is 96.4 Å². The van der Waals surface area contributed by atoms with E-state index in [1.807, 2.05) is 6.92 Å². The number of amides is 1. The average Bonchev–Trinajstić information content (AvgIpc) is 3.26. The van der Waals surface area contributed by atoms with Crippen LogP contribution in [-0.4, -0.2) is 35.3 Å². The second-order valence-electron chi connectivity index (χ2n) is 10.1. The van der Waals surface area contributed by atoms with Crippen LogP contribution in [0.5, 0.6) is 0 Å². The van der Waals surface area contributed by atoms with Gasteiger partial charge in [0.25, 0.3) is 5.91 Å². The van der Waals surface area contributed by atoms with Gasteiger partial charge in [-0.05, 0) is 68.4 Å². The van der Waals surface area contributed by atoms with Crippen LogP contribution >= 0.6 is 11.6 Å². The molecular formula is C29H26ClF3N2O4S. The molecule has 1 aromatic heterocycles. The third kappa shape index (κ3) is 6.49. The zero-order valence-electron chi connectivity index (χ0n) is 21.6. The summed E-state index contributed by atoms with van der Waals surface area (Å²) in [6, 6.07) is 8.23. The van der Waals surface area contributed by atoms with Gasteiger partial charge in [-0.1, -0.05) is 30.4 Å². The van der Waals surface area contributed by atoms with Gasteiger partial charge < -0.3 is 10.4 Å². The highest BCUT2D eigenvalue weighted by Gasteiger charge is 2.45. The normalized spacial score (nSPS) is 20.3. The number of rotatable bonds is 6. The fourth-order valence-electron chi connectivity index (χ4n) is 5.09. The summed E-state index contributed by atoms with van der Waals surface area (Å²) in [6.07, 6.45) is 4.39. The number of benzene rings is 2. The van der Waals surface area contributed by atoms with Crippen LogP contribution in [0.2, 0.25) is 5.02 Å². The van der Waals surface area contributed by atoms with Crippen molar-refractivity contribution >= 4 is 33.0 Å². The van der Waals surface area contributed by atoms with Gasteiger partial charge in [0.05, 0.1) is 15.2 Å². The first-order valence-corrected chi connectivity index (χ1v) is 14.4. The molecule has 40 heavy (non-hydrogen) atoms. The number of carbonyl (C=O) groups is 1. The molecule has 2 aromatic carbocycles. The van der Waals surface area contributed by atoms with Crippen LogP contribution in [-0.2, 0) is 9.84 Å². The monoisotopic (exact) mass is 590 g/mol. The summed E-state index contributed by atoms with van der Waals surface area (Å²) >= 11 is 6.30. The van der Waals surface area contributed by atoms with Crippen LogP contribution in [0.25, 0.3) is 0 Å². The maximum Gasteiger partial charge on any atom is 0.255 e. The Bertz CT molecular complexity index is 1580. The molecule has 1 aliphatic rings. The van der Waals surface area contributed by atoms with Gasteiger partial charge in [-0.25, -0.2) is 21.6 Å². The van der Waals surface area contributed by atoms with E-state index in [-0.39, 0.29) is 33.5 Å². The molecular weight excluding hydrogens is 565 g/mol. The van der Waals surface area contributed by atoms with Crippen molar-refractivity contribution in [2.45, 2.75) is 48.9 Å². The second-order valence-corrected chi connectivity index (χ2v) is 12.6. The largest absolute Gasteiger partial charge is 0.378 e. The molecule has 4 atom stereocenters.